The van der Waals surface area contributed by atoms with Crippen molar-refractivity contribution in [2.45, 2.75) is 25.8 Å². The van der Waals surface area contributed by atoms with Crippen LogP contribution in [0.1, 0.15) is 30.6 Å². The highest BCUT2D eigenvalue weighted by Gasteiger charge is 2.33. The van der Waals surface area contributed by atoms with Gasteiger partial charge >= 0.3 is 6.03 Å². The number of urea groups is 1. The molecule has 1 aliphatic heterocycles. The molecule has 124 valence electrons. The van der Waals surface area contributed by atoms with Gasteiger partial charge in [0.25, 0.3) is 0 Å². The van der Waals surface area contributed by atoms with E-state index in [0.717, 1.165) is 24.2 Å². The van der Waals surface area contributed by atoms with Gasteiger partial charge in [0.15, 0.2) is 17.3 Å². The van der Waals surface area contributed by atoms with Crippen molar-refractivity contribution in [3.63, 3.8) is 0 Å². The fourth-order valence-electron chi connectivity index (χ4n) is 3.18. The third-order valence-corrected chi connectivity index (χ3v) is 4.30. The Labute approximate surface area is 138 Å². The van der Waals surface area contributed by atoms with Gasteiger partial charge in [-0.05, 0) is 25.0 Å². The standard InChI is InChI=1S/C16H18N6O2/c1-10-18-12-6-5-11(8-14(12)24-10)19-16(23)22-7-3-4-13(22)15-20-17-9-21(15)2/h5-6,8-9,13H,3-4,7H2,1-2H3,(H,19,23)/t13-/m0/s1. The summed E-state index contributed by atoms with van der Waals surface area (Å²) in [6.45, 7) is 2.50. The largest absolute Gasteiger partial charge is 0.441 e. The summed E-state index contributed by atoms with van der Waals surface area (Å²) in [6.07, 6.45) is 3.50. The zero-order valence-electron chi connectivity index (χ0n) is 13.6. The number of oxazole rings is 1. The molecule has 8 nitrogen and oxygen atoms in total. The molecule has 3 aromatic rings. The van der Waals surface area contributed by atoms with E-state index in [1.54, 1.807) is 24.2 Å². The fraction of sp³-hybridized carbons (Fsp3) is 0.375. The van der Waals surface area contributed by atoms with E-state index in [1.807, 2.05) is 23.7 Å². The van der Waals surface area contributed by atoms with Crippen LogP contribution in [0.3, 0.4) is 0 Å². The summed E-state index contributed by atoms with van der Waals surface area (Å²) < 4.78 is 7.37. The number of likely N-dealkylation sites (tertiary alicyclic amines) is 1. The van der Waals surface area contributed by atoms with Crippen molar-refractivity contribution in [3.05, 3.63) is 36.2 Å². The second-order valence-electron chi connectivity index (χ2n) is 6.00. The Morgan fingerprint density at radius 3 is 3.08 bits per heavy atom. The first-order valence-electron chi connectivity index (χ1n) is 7.90. The lowest BCUT2D eigenvalue weighted by Crippen LogP contribution is -2.35. The summed E-state index contributed by atoms with van der Waals surface area (Å²) in [6, 6.07) is 5.27. The maximum absolute atomic E-state index is 12.7. The number of hydrogen-bond acceptors (Lipinski definition) is 5. The Kier molecular flexibility index (Phi) is 3.44. The SMILES string of the molecule is Cc1nc2ccc(NC(=O)N3CCC[C@H]3c3nncn3C)cc2o1. The number of anilines is 1. The Morgan fingerprint density at radius 1 is 1.42 bits per heavy atom. The number of hydrogen-bond donors (Lipinski definition) is 1. The predicted molar refractivity (Wildman–Crippen MR) is 87.4 cm³/mol. The number of aryl methyl sites for hydroxylation is 2. The minimum Gasteiger partial charge on any atom is -0.441 e. The third-order valence-electron chi connectivity index (χ3n) is 4.30. The molecule has 1 aromatic carbocycles. The predicted octanol–water partition coefficient (Wildman–Crippen LogP) is 2.63. The Balaban J connectivity index is 1.55. The van der Waals surface area contributed by atoms with Gasteiger partial charge in [0.1, 0.15) is 11.8 Å². The van der Waals surface area contributed by atoms with E-state index in [0.29, 0.717) is 23.7 Å². The summed E-state index contributed by atoms with van der Waals surface area (Å²) in [4.78, 5) is 18.7. The van der Waals surface area contributed by atoms with Crippen molar-refractivity contribution in [1.82, 2.24) is 24.6 Å². The van der Waals surface area contributed by atoms with Gasteiger partial charge in [0.2, 0.25) is 0 Å². The zero-order valence-corrected chi connectivity index (χ0v) is 13.6. The average Bonchev–Trinajstić information content (AvgIpc) is 3.24. The monoisotopic (exact) mass is 326 g/mol. The van der Waals surface area contributed by atoms with Crippen LogP contribution in [0.25, 0.3) is 11.1 Å². The molecule has 0 aliphatic carbocycles. The van der Waals surface area contributed by atoms with Crippen LogP contribution >= 0.6 is 0 Å². The number of benzene rings is 1. The van der Waals surface area contributed by atoms with Gasteiger partial charge in [0, 0.05) is 32.3 Å². The molecule has 0 saturated carbocycles. The molecule has 3 heterocycles. The molecular weight excluding hydrogens is 308 g/mol. The normalized spacial score (nSPS) is 17.6. The first-order valence-corrected chi connectivity index (χ1v) is 7.90. The fourth-order valence-corrected chi connectivity index (χ4v) is 3.18. The number of rotatable bonds is 2. The molecule has 8 heteroatoms. The Hall–Kier alpha value is -2.90. The molecule has 4 rings (SSSR count). The van der Waals surface area contributed by atoms with E-state index in [-0.39, 0.29) is 12.1 Å². The second kappa shape index (κ2) is 5.63. The van der Waals surface area contributed by atoms with Crippen LogP contribution in [0.15, 0.2) is 28.9 Å². The highest BCUT2D eigenvalue weighted by Crippen LogP contribution is 2.31. The van der Waals surface area contributed by atoms with E-state index in [9.17, 15) is 4.79 Å². The molecule has 0 bridgehead atoms. The number of fused-ring (bicyclic) bond motifs is 1. The van der Waals surface area contributed by atoms with Crippen LogP contribution < -0.4 is 5.32 Å². The van der Waals surface area contributed by atoms with E-state index in [2.05, 4.69) is 20.5 Å². The second-order valence-corrected chi connectivity index (χ2v) is 6.00. The molecule has 0 radical (unpaired) electrons. The lowest BCUT2D eigenvalue weighted by Gasteiger charge is -2.24. The van der Waals surface area contributed by atoms with Crippen molar-refractivity contribution < 1.29 is 9.21 Å². The Bertz CT molecular complexity index is 899. The van der Waals surface area contributed by atoms with Crippen LogP contribution in [-0.4, -0.2) is 37.2 Å². The first kappa shape index (κ1) is 14.7. The van der Waals surface area contributed by atoms with Crippen molar-refractivity contribution >= 4 is 22.8 Å². The van der Waals surface area contributed by atoms with E-state index in [4.69, 9.17) is 4.42 Å². The summed E-state index contributed by atoms with van der Waals surface area (Å²) in [5, 5.41) is 11.0. The van der Waals surface area contributed by atoms with Crippen LogP contribution in [0.5, 0.6) is 0 Å². The van der Waals surface area contributed by atoms with Gasteiger partial charge in [-0.25, -0.2) is 9.78 Å². The summed E-state index contributed by atoms with van der Waals surface area (Å²) in [5.41, 5.74) is 2.13. The van der Waals surface area contributed by atoms with Crippen molar-refractivity contribution in [1.29, 1.82) is 0 Å². The molecule has 0 spiro atoms. The highest BCUT2D eigenvalue weighted by molar-refractivity contribution is 5.92. The minimum atomic E-state index is -0.143. The van der Waals surface area contributed by atoms with Gasteiger partial charge in [-0.2, -0.15) is 0 Å². The van der Waals surface area contributed by atoms with Gasteiger partial charge < -0.3 is 19.2 Å². The molecule has 1 N–H and O–H groups in total. The molecule has 1 atom stereocenters. The third kappa shape index (κ3) is 2.49. The van der Waals surface area contributed by atoms with Crippen molar-refractivity contribution in [3.8, 4) is 0 Å². The molecule has 1 saturated heterocycles. The number of amides is 2. The van der Waals surface area contributed by atoms with Crippen molar-refractivity contribution in [2.24, 2.45) is 7.05 Å². The quantitative estimate of drug-likeness (QED) is 0.782. The van der Waals surface area contributed by atoms with Gasteiger partial charge in [0.05, 0.1) is 6.04 Å². The lowest BCUT2D eigenvalue weighted by molar-refractivity contribution is 0.204. The maximum atomic E-state index is 12.7. The maximum Gasteiger partial charge on any atom is 0.322 e. The number of nitrogens with zero attached hydrogens (tertiary/aromatic N) is 5. The number of carbonyl (C=O) groups excluding carboxylic acids is 1. The van der Waals surface area contributed by atoms with Gasteiger partial charge in [-0.3, -0.25) is 0 Å². The highest BCUT2D eigenvalue weighted by atomic mass is 16.3. The number of aromatic nitrogens is 4. The van der Waals surface area contributed by atoms with Gasteiger partial charge in [-0.1, -0.05) is 0 Å². The van der Waals surface area contributed by atoms with Gasteiger partial charge in [-0.15, -0.1) is 10.2 Å². The number of nitrogens with one attached hydrogen (secondary N) is 1. The van der Waals surface area contributed by atoms with Crippen LogP contribution in [0, 0.1) is 6.92 Å². The molecule has 1 aliphatic rings. The lowest BCUT2D eigenvalue weighted by atomic mass is 10.2. The molecule has 2 amide bonds. The number of carbonyl (C=O) groups is 1. The Morgan fingerprint density at radius 2 is 2.29 bits per heavy atom. The summed E-state index contributed by atoms with van der Waals surface area (Å²) in [5.74, 6) is 1.42. The first-order chi connectivity index (χ1) is 11.6. The smallest absolute Gasteiger partial charge is 0.322 e. The molecule has 1 fully saturated rings. The summed E-state index contributed by atoms with van der Waals surface area (Å²) in [7, 11) is 1.89. The molecule has 0 unspecified atom stereocenters. The van der Waals surface area contributed by atoms with Crippen LogP contribution in [-0.2, 0) is 7.05 Å². The minimum absolute atomic E-state index is 0.0474. The molecule has 2 aromatic heterocycles. The van der Waals surface area contributed by atoms with Crippen LogP contribution in [0.4, 0.5) is 10.5 Å². The van der Waals surface area contributed by atoms with E-state index in [1.165, 1.54) is 0 Å². The molecule has 24 heavy (non-hydrogen) atoms. The van der Waals surface area contributed by atoms with Crippen molar-refractivity contribution in [2.75, 3.05) is 11.9 Å². The zero-order chi connectivity index (χ0) is 16.7. The summed E-state index contributed by atoms with van der Waals surface area (Å²) >= 11 is 0. The average molecular weight is 326 g/mol. The molecular formula is C16H18N6O2. The topological polar surface area (TPSA) is 89.1 Å². The van der Waals surface area contributed by atoms with E-state index < -0.39 is 0 Å². The van der Waals surface area contributed by atoms with Crippen LogP contribution in [0.2, 0.25) is 0 Å². The van der Waals surface area contributed by atoms with E-state index >= 15 is 0 Å².